The maximum atomic E-state index is 12.1. The molecule has 0 aromatic heterocycles. The lowest BCUT2D eigenvalue weighted by Gasteiger charge is -2.19. The van der Waals surface area contributed by atoms with Gasteiger partial charge in [-0.05, 0) is 24.1 Å². The summed E-state index contributed by atoms with van der Waals surface area (Å²) >= 11 is 0. The summed E-state index contributed by atoms with van der Waals surface area (Å²) in [6.07, 6.45) is 1.06. The molecule has 1 amide bonds. The summed E-state index contributed by atoms with van der Waals surface area (Å²) in [7, 11) is -2.15. The molecule has 0 bridgehead atoms. The maximum absolute atomic E-state index is 12.1. The molecule has 0 heterocycles. The van der Waals surface area contributed by atoms with Crippen LogP contribution in [0.3, 0.4) is 0 Å². The Labute approximate surface area is 124 Å². The van der Waals surface area contributed by atoms with Crippen LogP contribution in [0.5, 0.6) is 0 Å². The molecule has 7 heteroatoms. The summed E-state index contributed by atoms with van der Waals surface area (Å²) < 4.78 is 27.6. The van der Waals surface area contributed by atoms with Crippen molar-refractivity contribution in [3.63, 3.8) is 0 Å². The summed E-state index contributed by atoms with van der Waals surface area (Å²) in [4.78, 5) is 23.8. The molecular formula is C14H19NO5S. The highest BCUT2D eigenvalue weighted by Gasteiger charge is 2.25. The topological polar surface area (TPSA) is 89.5 Å². The smallest absolute Gasteiger partial charge is 0.328 e. The fraction of sp³-hybridized carbons (Fsp3) is 0.429. The molecule has 116 valence electrons. The first-order chi connectivity index (χ1) is 9.66. The van der Waals surface area contributed by atoms with Crippen molar-refractivity contribution in [1.29, 1.82) is 0 Å². The minimum absolute atomic E-state index is 0.0503. The molecule has 0 fully saturated rings. The van der Waals surface area contributed by atoms with E-state index in [1.807, 2.05) is 0 Å². The summed E-state index contributed by atoms with van der Waals surface area (Å²) in [5, 5.41) is 2.55. The van der Waals surface area contributed by atoms with Gasteiger partial charge >= 0.3 is 5.97 Å². The average molecular weight is 313 g/mol. The van der Waals surface area contributed by atoms with Crippen molar-refractivity contribution in [2.45, 2.75) is 24.8 Å². The zero-order chi connectivity index (χ0) is 16.2. The molecule has 0 radical (unpaired) electrons. The summed E-state index contributed by atoms with van der Waals surface area (Å²) in [6, 6.07) is 4.86. The molecule has 0 spiro atoms. The van der Waals surface area contributed by atoms with Gasteiger partial charge in [-0.2, -0.15) is 0 Å². The Morgan fingerprint density at radius 1 is 1.24 bits per heavy atom. The monoisotopic (exact) mass is 313 g/mol. The van der Waals surface area contributed by atoms with Crippen molar-refractivity contribution >= 4 is 21.7 Å². The minimum atomic E-state index is -3.40. The van der Waals surface area contributed by atoms with Gasteiger partial charge in [0.15, 0.2) is 9.84 Å². The van der Waals surface area contributed by atoms with Gasteiger partial charge in [-0.1, -0.05) is 19.9 Å². The first-order valence-electron chi connectivity index (χ1n) is 6.35. The summed E-state index contributed by atoms with van der Waals surface area (Å²) in [6.45, 7) is 3.55. The second-order valence-electron chi connectivity index (χ2n) is 5.02. The van der Waals surface area contributed by atoms with Gasteiger partial charge in [-0.25, -0.2) is 13.2 Å². The van der Waals surface area contributed by atoms with Gasteiger partial charge in [0.1, 0.15) is 6.04 Å². The number of ether oxygens (including phenoxy) is 1. The standard InChI is InChI=1S/C14H19NO5S/c1-9(2)12(14(17)20-3)15-13(16)10-6-5-7-11(8-10)21(4,18)19/h5-9,12H,1-4H3,(H,15,16). The largest absolute Gasteiger partial charge is 0.467 e. The van der Waals surface area contributed by atoms with Crippen LogP contribution in [0.2, 0.25) is 0 Å². The number of rotatable bonds is 5. The van der Waals surface area contributed by atoms with E-state index >= 15 is 0 Å². The molecule has 0 aliphatic heterocycles. The van der Waals surface area contributed by atoms with E-state index in [4.69, 9.17) is 0 Å². The number of carbonyl (C=O) groups excluding carboxylic acids is 2. The van der Waals surface area contributed by atoms with Crippen LogP contribution < -0.4 is 5.32 Å². The van der Waals surface area contributed by atoms with Crippen LogP contribution in [0.4, 0.5) is 0 Å². The fourth-order valence-electron chi connectivity index (χ4n) is 1.72. The highest BCUT2D eigenvalue weighted by atomic mass is 32.2. The zero-order valence-electron chi connectivity index (χ0n) is 12.4. The first-order valence-corrected chi connectivity index (χ1v) is 8.24. The zero-order valence-corrected chi connectivity index (χ0v) is 13.2. The summed E-state index contributed by atoms with van der Waals surface area (Å²) in [5.74, 6) is -1.22. The Kier molecular flexibility index (Phi) is 5.48. The molecule has 1 aromatic carbocycles. The van der Waals surface area contributed by atoms with Crippen LogP contribution in [-0.4, -0.2) is 39.7 Å². The molecule has 0 aliphatic carbocycles. The summed E-state index contributed by atoms with van der Waals surface area (Å²) in [5.41, 5.74) is 0.174. The van der Waals surface area contributed by atoms with Crippen molar-refractivity contribution in [3.05, 3.63) is 29.8 Å². The van der Waals surface area contributed by atoms with Gasteiger partial charge in [-0.3, -0.25) is 4.79 Å². The molecule has 1 rings (SSSR count). The number of hydrogen-bond acceptors (Lipinski definition) is 5. The maximum Gasteiger partial charge on any atom is 0.328 e. The number of esters is 1. The Morgan fingerprint density at radius 2 is 1.86 bits per heavy atom. The predicted molar refractivity (Wildman–Crippen MR) is 77.7 cm³/mol. The van der Waals surface area contributed by atoms with Crippen LogP contribution in [0.25, 0.3) is 0 Å². The second-order valence-corrected chi connectivity index (χ2v) is 7.03. The predicted octanol–water partition coefficient (Wildman–Crippen LogP) is 1.02. The Bertz CT molecular complexity index is 637. The van der Waals surface area contributed by atoms with Crippen molar-refractivity contribution in [2.24, 2.45) is 5.92 Å². The molecule has 0 aliphatic rings. The molecule has 0 saturated carbocycles. The van der Waals surface area contributed by atoms with E-state index in [0.29, 0.717) is 0 Å². The number of methoxy groups -OCH3 is 1. The number of amides is 1. The van der Waals surface area contributed by atoms with Crippen molar-refractivity contribution in [3.8, 4) is 0 Å². The van der Waals surface area contributed by atoms with E-state index in [2.05, 4.69) is 10.1 Å². The lowest BCUT2D eigenvalue weighted by Crippen LogP contribution is -2.45. The number of carbonyl (C=O) groups is 2. The number of nitrogens with one attached hydrogen (secondary N) is 1. The van der Waals surface area contributed by atoms with Gasteiger partial charge < -0.3 is 10.1 Å². The van der Waals surface area contributed by atoms with Crippen molar-refractivity contribution in [2.75, 3.05) is 13.4 Å². The highest BCUT2D eigenvalue weighted by Crippen LogP contribution is 2.12. The van der Waals surface area contributed by atoms with E-state index in [0.717, 1.165) is 6.26 Å². The van der Waals surface area contributed by atoms with E-state index < -0.39 is 27.8 Å². The minimum Gasteiger partial charge on any atom is -0.467 e. The normalized spacial score (nSPS) is 12.8. The Morgan fingerprint density at radius 3 is 2.33 bits per heavy atom. The molecule has 1 unspecified atom stereocenters. The fourth-order valence-corrected chi connectivity index (χ4v) is 2.38. The molecule has 6 nitrogen and oxygen atoms in total. The SMILES string of the molecule is COC(=O)C(NC(=O)c1cccc(S(C)(=O)=O)c1)C(C)C. The lowest BCUT2D eigenvalue weighted by molar-refractivity contribution is -0.144. The van der Waals surface area contributed by atoms with Crippen LogP contribution in [0.15, 0.2) is 29.2 Å². The van der Waals surface area contributed by atoms with Gasteiger partial charge in [0.25, 0.3) is 5.91 Å². The van der Waals surface area contributed by atoms with Crippen LogP contribution in [-0.2, 0) is 19.4 Å². The first kappa shape index (κ1) is 17.2. The molecular weight excluding hydrogens is 294 g/mol. The average Bonchev–Trinajstić information content (AvgIpc) is 2.42. The van der Waals surface area contributed by atoms with Crippen molar-refractivity contribution in [1.82, 2.24) is 5.32 Å². The molecule has 1 atom stereocenters. The van der Waals surface area contributed by atoms with Crippen LogP contribution >= 0.6 is 0 Å². The van der Waals surface area contributed by atoms with Gasteiger partial charge in [0, 0.05) is 11.8 Å². The number of benzene rings is 1. The van der Waals surface area contributed by atoms with E-state index in [1.165, 1.54) is 31.4 Å². The van der Waals surface area contributed by atoms with E-state index in [9.17, 15) is 18.0 Å². The van der Waals surface area contributed by atoms with Crippen molar-refractivity contribution < 1.29 is 22.7 Å². The van der Waals surface area contributed by atoms with Crippen LogP contribution in [0, 0.1) is 5.92 Å². The third-order valence-corrected chi connectivity index (χ3v) is 4.04. The van der Waals surface area contributed by atoms with Gasteiger partial charge in [-0.15, -0.1) is 0 Å². The third-order valence-electron chi connectivity index (χ3n) is 2.93. The molecule has 21 heavy (non-hydrogen) atoms. The second kappa shape index (κ2) is 6.71. The van der Waals surface area contributed by atoms with E-state index in [-0.39, 0.29) is 16.4 Å². The highest BCUT2D eigenvalue weighted by molar-refractivity contribution is 7.90. The number of hydrogen-bond donors (Lipinski definition) is 1. The lowest BCUT2D eigenvalue weighted by atomic mass is 10.0. The third kappa shape index (κ3) is 4.56. The Hall–Kier alpha value is -1.89. The molecule has 1 aromatic rings. The number of sulfone groups is 1. The van der Waals surface area contributed by atoms with Gasteiger partial charge in [0.05, 0.1) is 12.0 Å². The van der Waals surface area contributed by atoms with Gasteiger partial charge in [0.2, 0.25) is 0 Å². The molecule has 1 N–H and O–H groups in total. The quantitative estimate of drug-likeness (QED) is 0.820. The van der Waals surface area contributed by atoms with E-state index in [1.54, 1.807) is 13.8 Å². The molecule has 0 saturated heterocycles. The van der Waals surface area contributed by atoms with Crippen LogP contribution in [0.1, 0.15) is 24.2 Å². The Balaban J connectivity index is 3.01.